The number of thiocarbonyl (C=S) groups is 1. The Balaban J connectivity index is 2.71. The summed E-state index contributed by atoms with van der Waals surface area (Å²) in [6, 6.07) is 0. The summed E-state index contributed by atoms with van der Waals surface area (Å²) in [6.45, 7) is 7.33. The van der Waals surface area contributed by atoms with Crippen molar-refractivity contribution in [2.45, 2.75) is 26.0 Å². The number of hydrogen-bond acceptors (Lipinski definition) is 3. The summed E-state index contributed by atoms with van der Waals surface area (Å²) < 4.78 is 0. The van der Waals surface area contributed by atoms with Crippen LogP contribution < -0.4 is 5.73 Å². The van der Waals surface area contributed by atoms with Crippen LogP contribution in [0.3, 0.4) is 0 Å². The van der Waals surface area contributed by atoms with Crippen LogP contribution in [0.4, 0.5) is 0 Å². The summed E-state index contributed by atoms with van der Waals surface area (Å²) in [4.78, 5) is 14.3. The van der Waals surface area contributed by atoms with Crippen molar-refractivity contribution in [3.63, 3.8) is 0 Å². The molecule has 1 heterocycles. The molecule has 0 bridgehead atoms. The molecule has 0 aromatic carbocycles. The Morgan fingerprint density at radius 3 is 2.67 bits per heavy atom. The molecule has 2 N–H and O–H groups in total. The van der Waals surface area contributed by atoms with E-state index in [9.17, 15) is 4.79 Å². The van der Waals surface area contributed by atoms with E-state index in [1.54, 1.807) is 13.8 Å². The molecule has 1 rings (SSSR count). The second-order valence-corrected chi connectivity index (χ2v) is 6.41. The van der Waals surface area contributed by atoms with Crippen molar-refractivity contribution in [2.24, 2.45) is 11.1 Å². The Hall–Kier alpha value is -0.290. The molecule has 0 aromatic heterocycles. The zero-order chi connectivity index (χ0) is 11.6. The van der Waals surface area contributed by atoms with Gasteiger partial charge in [0.15, 0.2) is 0 Å². The van der Waals surface area contributed by atoms with E-state index in [2.05, 4.69) is 6.92 Å². The molecule has 1 fully saturated rings. The maximum Gasteiger partial charge on any atom is 0.235 e. The van der Waals surface area contributed by atoms with E-state index in [0.29, 0.717) is 5.25 Å². The van der Waals surface area contributed by atoms with Gasteiger partial charge in [-0.05, 0) is 13.8 Å². The van der Waals surface area contributed by atoms with E-state index in [0.717, 1.165) is 18.8 Å². The quantitative estimate of drug-likeness (QED) is 0.745. The molecule has 3 nitrogen and oxygen atoms in total. The largest absolute Gasteiger partial charge is 0.392 e. The molecule has 0 spiro atoms. The van der Waals surface area contributed by atoms with E-state index in [4.69, 9.17) is 18.0 Å². The fraction of sp³-hybridized carbons (Fsp3) is 0.800. The fourth-order valence-corrected chi connectivity index (χ4v) is 2.60. The van der Waals surface area contributed by atoms with Gasteiger partial charge in [-0.3, -0.25) is 4.79 Å². The minimum absolute atomic E-state index is 0.0575. The highest BCUT2D eigenvalue weighted by Gasteiger charge is 2.36. The molecule has 86 valence electrons. The molecule has 1 amide bonds. The van der Waals surface area contributed by atoms with Crippen molar-refractivity contribution in [3.05, 3.63) is 0 Å². The molecule has 0 saturated carbocycles. The first-order chi connectivity index (χ1) is 6.85. The van der Waals surface area contributed by atoms with Crippen molar-refractivity contribution < 1.29 is 4.79 Å². The van der Waals surface area contributed by atoms with Crippen LogP contribution in [0.2, 0.25) is 0 Å². The van der Waals surface area contributed by atoms with Gasteiger partial charge in [-0.25, -0.2) is 0 Å². The molecule has 1 aliphatic heterocycles. The molecule has 0 aliphatic carbocycles. The third-order valence-electron chi connectivity index (χ3n) is 2.68. The zero-order valence-corrected chi connectivity index (χ0v) is 11.1. The SMILES string of the molecule is CC1CN(C(=O)C(C)(C)C(N)=S)CCS1. The number of nitrogens with zero attached hydrogens (tertiary/aromatic N) is 1. The summed E-state index contributed by atoms with van der Waals surface area (Å²) in [6.07, 6.45) is 0. The minimum atomic E-state index is -0.711. The first kappa shape index (κ1) is 12.8. The standard InChI is InChI=1S/C10H18N2OS2/c1-7-6-12(4-5-15-7)9(13)10(2,3)8(11)14/h7H,4-6H2,1-3H3,(H2,11,14). The van der Waals surface area contributed by atoms with Gasteiger partial charge in [-0.1, -0.05) is 19.1 Å². The monoisotopic (exact) mass is 246 g/mol. The van der Waals surface area contributed by atoms with Crippen molar-refractivity contribution in [3.8, 4) is 0 Å². The summed E-state index contributed by atoms with van der Waals surface area (Å²) in [5, 5.41) is 0.504. The minimum Gasteiger partial charge on any atom is -0.392 e. The lowest BCUT2D eigenvalue weighted by Crippen LogP contribution is -2.51. The lowest BCUT2D eigenvalue weighted by atomic mass is 9.91. The topological polar surface area (TPSA) is 46.3 Å². The molecule has 15 heavy (non-hydrogen) atoms. The number of rotatable bonds is 2. The molecule has 1 atom stereocenters. The normalized spacial score (nSPS) is 22.6. The number of hydrogen-bond donors (Lipinski definition) is 1. The second kappa shape index (κ2) is 4.70. The van der Waals surface area contributed by atoms with Gasteiger partial charge in [0, 0.05) is 24.1 Å². The van der Waals surface area contributed by atoms with Gasteiger partial charge >= 0.3 is 0 Å². The fourth-order valence-electron chi connectivity index (χ4n) is 1.50. The lowest BCUT2D eigenvalue weighted by Gasteiger charge is -2.35. The Morgan fingerprint density at radius 2 is 2.20 bits per heavy atom. The van der Waals surface area contributed by atoms with Gasteiger partial charge in [0.2, 0.25) is 5.91 Å². The molecule has 0 aromatic rings. The van der Waals surface area contributed by atoms with Crippen molar-refractivity contribution in [1.82, 2.24) is 4.90 Å². The van der Waals surface area contributed by atoms with Crippen molar-refractivity contribution in [1.29, 1.82) is 0 Å². The highest BCUT2D eigenvalue weighted by molar-refractivity contribution is 7.99. The van der Waals surface area contributed by atoms with Gasteiger partial charge < -0.3 is 10.6 Å². The maximum atomic E-state index is 12.2. The van der Waals surface area contributed by atoms with Crippen LogP contribution in [-0.4, -0.2) is 39.9 Å². The third kappa shape index (κ3) is 2.84. The Kier molecular flexibility index (Phi) is 4.00. The zero-order valence-electron chi connectivity index (χ0n) is 9.45. The molecular weight excluding hydrogens is 228 g/mol. The lowest BCUT2D eigenvalue weighted by molar-refractivity contribution is -0.136. The van der Waals surface area contributed by atoms with Gasteiger partial charge in [0.1, 0.15) is 0 Å². The second-order valence-electron chi connectivity index (χ2n) is 4.42. The summed E-state index contributed by atoms with van der Waals surface area (Å²) in [5.41, 5.74) is 4.88. The van der Waals surface area contributed by atoms with Gasteiger partial charge in [0.05, 0.1) is 10.4 Å². The smallest absolute Gasteiger partial charge is 0.235 e. The van der Waals surface area contributed by atoms with Crippen LogP contribution in [0.25, 0.3) is 0 Å². The highest BCUT2D eigenvalue weighted by atomic mass is 32.2. The Morgan fingerprint density at radius 1 is 1.60 bits per heavy atom. The summed E-state index contributed by atoms with van der Waals surface area (Å²) in [5.74, 6) is 1.06. The number of carbonyl (C=O) groups excluding carboxylic acids is 1. The van der Waals surface area contributed by atoms with E-state index < -0.39 is 5.41 Å². The van der Waals surface area contributed by atoms with Crippen molar-refractivity contribution >= 4 is 34.9 Å². The van der Waals surface area contributed by atoms with Crippen LogP contribution >= 0.6 is 24.0 Å². The number of carbonyl (C=O) groups is 1. The summed E-state index contributed by atoms with van der Waals surface area (Å²) in [7, 11) is 0. The summed E-state index contributed by atoms with van der Waals surface area (Å²) >= 11 is 6.83. The van der Waals surface area contributed by atoms with Crippen LogP contribution in [-0.2, 0) is 4.79 Å². The van der Waals surface area contributed by atoms with Crippen LogP contribution in [0.15, 0.2) is 0 Å². The van der Waals surface area contributed by atoms with E-state index in [-0.39, 0.29) is 10.9 Å². The highest BCUT2D eigenvalue weighted by Crippen LogP contribution is 2.24. The maximum absolute atomic E-state index is 12.2. The number of thioether (sulfide) groups is 1. The number of nitrogens with two attached hydrogens (primary N) is 1. The first-order valence-corrected chi connectivity index (χ1v) is 6.52. The average molecular weight is 246 g/mol. The van der Waals surface area contributed by atoms with Crippen LogP contribution in [0.5, 0.6) is 0 Å². The Labute approximate surface area is 101 Å². The molecular formula is C10H18N2OS2. The van der Waals surface area contributed by atoms with Gasteiger partial charge in [-0.15, -0.1) is 0 Å². The van der Waals surface area contributed by atoms with Gasteiger partial charge in [0.25, 0.3) is 0 Å². The van der Waals surface area contributed by atoms with Crippen LogP contribution in [0, 0.1) is 5.41 Å². The number of amides is 1. The molecule has 1 aliphatic rings. The van der Waals surface area contributed by atoms with E-state index in [1.165, 1.54) is 0 Å². The predicted octanol–water partition coefficient (Wildman–Crippen LogP) is 1.26. The van der Waals surface area contributed by atoms with Crippen LogP contribution in [0.1, 0.15) is 20.8 Å². The third-order valence-corrected chi connectivity index (χ3v) is 4.33. The average Bonchev–Trinajstić information content (AvgIpc) is 2.16. The van der Waals surface area contributed by atoms with E-state index >= 15 is 0 Å². The molecule has 5 heteroatoms. The van der Waals surface area contributed by atoms with Gasteiger partial charge in [-0.2, -0.15) is 11.8 Å². The Bertz CT molecular complexity index is 279. The van der Waals surface area contributed by atoms with Crippen molar-refractivity contribution in [2.75, 3.05) is 18.8 Å². The predicted molar refractivity (Wildman–Crippen MR) is 69.1 cm³/mol. The first-order valence-electron chi connectivity index (χ1n) is 5.06. The molecule has 1 saturated heterocycles. The molecule has 1 unspecified atom stereocenters. The molecule has 0 radical (unpaired) electrons. The van der Waals surface area contributed by atoms with E-state index in [1.807, 2.05) is 16.7 Å².